The van der Waals surface area contributed by atoms with Gasteiger partial charge >= 0.3 is 0 Å². The monoisotopic (exact) mass is 298 g/mol. The molecule has 22 heavy (non-hydrogen) atoms. The smallest absolute Gasteiger partial charge is 0.276 e. The van der Waals surface area contributed by atoms with Crippen molar-refractivity contribution in [3.8, 4) is 0 Å². The van der Waals surface area contributed by atoms with Gasteiger partial charge in [0.15, 0.2) is 0 Å². The summed E-state index contributed by atoms with van der Waals surface area (Å²) in [4.78, 5) is 36.4. The minimum Gasteiger partial charge on any atom is -0.321 e. The molecule has 1 aromatic heterocycles. The normalized spacial score (nSPS) is 14.2. The van der Waals surface area contributed by atoms with E-state index in [1.54, 1.807) is 23.1 Å². The zero-order chi connectivity index (χ0) is 15.5. The molecule has 1 saturated heterocycles. The third-order valence-electron chi connectivity index (χ3n) is 3.40. The molecule has 0 saturated carbocycles. The Hall–Kier alpha value is -2.96. The quantitative estimate of drug-likeness (QED) is 0.888. The highest BCUT2D eigenvalue weighted by Gasteiger charge is 2.21. The molecule has 1 fully saturated rings. The molecule has 0 radical (unpaired) electrons. The van der Waals surface area contributed by atoms with Crippen molar-refractivity contribution in [3.63, 3.8) is 0 Å². The van der Waals surface area contributed by atoms with Gasteiger partial charge in [-0.15, -0.1) is 0 Å². The van der Waals surface area contributed by atoms with E-state index in [0.29, 0.717) is 18.7 Å². The summed E-state index contributed by atoms with van der Waals surface area (Å²) in [5, 5.41) is 8.58. The second-order valence-electron chi connectivity index (χ2n) is 4.96. The average Bonchev–Trinajstić information content (AvgIpc) is 2.94. The van der Waals surface area contributed by atoms with E-state index in [4.69, 9.17) is 0 Å². The maximum absolute atomic E-state index is 12.0. The summed E-state index contributed by atoms with van der Waals surface area (Å²) in [6, 6.07) is 9.66. The zero-order valence-electron chi connectivity index (χ0n) is 11.7. The maximum Gasteiger partial charge on any atom is 0.276 e. The van der Waals surface area contributed by atoms with Gasteiger partial charge in [-0.1, -0.05) is 6.07 Å². The van der Waals surface area contributed by atoms with Gasteiger partial charge in [0.05, 0.1) is 0 Å². The van der Waals surface area contributed by atoms with Gasteiger partial charge in [-0.05, 0) is 30.7 Å². The molecule has 0 atom stereocenters. The molecule has 2 heterocycles. The first kappa shape index (κ1) is 14.0. The van der Waals surface area contributed by atoms with E-state index in [0.717, 1.165) is 12.1 Å². The number of hydrogen-bond acceptors (Lipinski definition) is 4. The molecule has 2 N–H and O–H groups in total. The molecule has 7 nitrogen and oxygen atoms in total. The number of H-pyrrole nitrogens is 1. The summed E-state index contributed by atoms with van der Waals surface area (Å²) < 4.78 is 0. The minimum atomic E-state index is -0.429. The van der Waals surface area contributed by atoms with Crippen LogP contribution in [0, 0.1) is 0 Å². The Balaban J connectivity index is 1.78. The zero-order valence-corrected chi connectivity index (χ0v) is 11.7. The van der Waals surface area contributed by atoms with Crippen LogP contribution >= 0.6 is 0 Å². The van der Waals surface area contributed by atoms with Crippen molar-refractivity contribution >= 4 is 23.2 Å². The lowest BCUT2D eigenvalue weighted by atomic mass is 10.2. The second kappa shape index (κ2) is 5.80. The topological polar surface area (TPSA) is 95.2 Å². The van der Waals surface area contributed by atoms with Crippen LogP contribution in [0.1, 0.15) is 23.3 Å². The Labute approximate surface area is 126 Å². The fraction of sp³-hybridized carbons (Fsp3) is 0.200. The fourth-order valence-corrected chi connectivity index (χ4v) is 2.34. The predicted molar refractivity (Wildman–Crippen MR) is 80.8 cm³/mol. The van der Waals surface area contributed by atoms with Crippen LogP contribution in [0.5, 0.6) is 0 Å². The van der Waals surface area contributed by atoms with E-state index >= 15 is 0 Å². The van der Waals surface area contributed by atoms with Crippen LogP contribution in [0.3, 0.4) is 0 Å². The van der Waals surface area contributed by atoms with E-state index in [9.17, 15) is 14.4 Å². The van der Waals surface area contributed by atoms with Gasteiger partial charge in [0.1, 0.15) is 5.69 Å². The van der Waals surface area contributed by atoms with Crippen molar-refractivity contribution in [2.75, 3.05) is 16.8 Å². The van der Waals surface area contributed by atoms with E-state index in [-0.39, 0.29) is 17.2 Å². The molecule has 0 bridgehead atoms. The summed E-state index contributed by atoms with van der Waals surface area (Å²) >= 11 is 0. The summed E-state index contributed by atoms with van der Waals surface area (Å²) in [6.45, 7) is 0.692. The number of anilines is 2. The van der Waals surface area contributed by atoms with E-state index < -0.39 is 5.91 Å². The molecular weight excluding hydrogens is 284 g/mol. The highest BCUT2D eigenvalue weighted by atomic mass is 16.2. The SMILES string of the molecule is O=C(Nc1cccc(N2CCCC2=O)c1)c1ccc(=O)[nH]n1. The molecule has 0 spiro atoms. The van der Waals surface area contributed by atoms with Gasteiger partial charge < -0.3 is 10.2 Å². The molecule has 2 aromatic rings. The molecule has 3 rings (SSSR count). The number of nitrogens with one attached hydrogen (secondary N) is 2. The molecule has 0 unspecified atom stereocenters. The molecule has 0 aliphatic carbocycles. The van der Waals surface area contributed by atoms with Crippen LogP contribution in [0.4, 0.5) is 11.4 Å². The van der Waals surface area contributed by atoms with Crippen LogP contribution in [0.2, 0.25) is 0 Å². The van der Waals surface area contributed by atoms with Gasteiger partial charge in [-0.3, -0.25) is 14.4 Å². The summed E-state index contributed by atoms with van der Waals surface area (Å²) in [5.74, 6) is -0.341. The Morgan fingerprint density at radius 2 is 2.09 bits per heavy atom. The van der Waals surface area contributed by atoms with Crippen molar-refractivity contribution in [2.45, 2.75) is 12.8 Å². The highest BCUT2D eigenvalue weighted by molar-refractivity contribution is 6.03. The Morgan fingerprint density at radius 3 is 2.77 bits per heavy atom. The lowest BCUT2D eigenvalue weighted by Gasteiger charge is -2.16. The number of rotatable bonds is 3. The van der Waals surface area contributed by atoms with Crippen LogP contribution < -0.4 is 15.8 Å². The van der Waals surface area contributed by atoms with Gasteiger partial charge in [-0.2, -0.15) is 5.10 Å². The largest absolute Gasteiger partial charge is 0.321 e. The fourth-order valence-electron chi connectivity index (χ4n) is 2.34. The van der Waals surface area contributed by atoms with Crippen molar-refractivity contribution in [3.05, 3.63) is 52.4 Å². The third-order valence-corrected chi connectivity index (χ3v) is 3.40. The third kappa shape index (κ3) is 2.88. The van der Waals surface area contributed by atoms with Crippen LogP contribution in [0.25, 0.3) is 0 Å². The summed E-state index contributed by atoms with van der Waals surface area (Å²) in [6.07, 6.45) is 1.40. The summed E-state index contributed by atoms with van der Waals surface area (Å²) in [7, 11) is 0. The van der Waals surface area contributed by atoms with Crippen molar-refractivity contribution in [2.24, 2.45) is 0 Å². The number of amides is 2. The van der Waals surface area contributed by atoms with Crippen LogP contribution in [-0.2, 0) is 4.79 Å². The average molecular weight is 298 g/mol. The van der Waals surface area contributed by atoms with Gasteiger partial charge in [-0.25, -0.2) is 5.10 Å². The van der Waals surface area contributed by atoms with Crippen molar-refractivity contribution < 1.29 is 9.59 Å². The Bertz CT molecular complexity index is 764. The molecule has 7 heteroatoms. The predicted octanol–water partition coefficient (Wildman–Crippen LogP) is 1.15. The number of benzene rings is 1. The highest BCUT2D eigenvalue weighted by Crippen LogP contribution is 2.24. The molecule has 1 aliphatic heterocycles. The molecule has 1 aliphatic rings. The number of hydrogen-bond donors (Lipinski definition) is 2. The van der Waals surface area contributed by atoms with Crippen molar-refractivity contribution in [1.29, 1.82) is 0 Å². The lowest BCUT2D eigenvalue weighted by Crippen LogP contribution is -2.24. The van der Waals surface area contributed by atoms with Gasteiger partial charge in [0.2, 0.25) is 5.91 Å². The van der Waals surface area contributed by atoms with Crippen LogP contribution in [-0.4, -0.2) is 28.6 Å². The number of nitrogens with zero attached hydrogens (tertiary/aromatic N) is 2. The Kier molecular flexibility index (Phi) is 3.69. The molecular formula is C15H14N4O3. The van der Waals surface area contributed by atoms with E-state index in [1.807, 2.05) is 6.07 Å². The molecule has 2 amide bonds. The molecule has 112 valence electrons. The first-order valence-corrected chi connectivity index (χ1v) is 6.91. The van der Waals surface area contributed by atoms with Crippen LogP contribution in [0.15, 0.2) is 41.2 Å². The number of carbonyl (C=O) groups is 2. The van der Waals surface area contributed by atoms with Crippen molar-refractivity contribution in [1.82, 2.24) is 10.2 Å². The maximum atomic E-state index is 12.0. The lowest BCUT2D eigenvalue weighted by molar-refractivity contribution is -0.117. The Morgan fingerprint density at radius 1 is 1.23 bits per heavy atom. The molecule has 1 aromatic carbocycles. The number of aromatic amines is 1. The minimum absolute atomic E-state index is 0.0887. The van der Waals surface area contributed by atoms with Gasteiger partial charge in [0, 0.05) is 30.4 Å². The summed E-state index contributed by atoms with van der Waals surface area (Å²) in [5.41, 5.74) is 1.07. The first-order chi connectivity index (χ1) is 10.6. The number of carbonyl (C=O) groups excluding carboxylic acids is 2. The first-order valence-electron chi connectivity index (χ1n) is 6.91. The standard InChI is InChI=1S/C15H14N4O3/c20-13-7-6-12(17-18-13)15(22)16-10-3-1-4-11(9-10)19-8-2-5-14(19)21/h1,3-4,6-7,9H,2,5,8H2,(H,16,22)(H,18,20). The second-order valence-corrected chi connectivity index (χ2v) is 4.96. The van der Waals surface area contributed by atoms with Gasteiger partial charge in [0.25, 0.3) is 11.5 Å². The number of aromatic nitrogens is 2. The van der Waals surface area contributed by atoms with E-state index in [1.165, 1.54) is 12.1 Å². The van der Waals surface area contributed by atoms with E-state index in [2.05, 4.69) is 15.5 Å².